The standard InChI is InChI=1S/C23H18Cl2N2O2/c1-28-18-9-4-14(5-10-18)20-13-21-19-12-17(25)8-11-22(19)29-23(27(21)26-20)15-2-6-16(24)7-3-15/h2-12,21,23H,13H2,1H3/t21-,23+/m1/s1. The first kappa shape index (κ1) is 18.3. The van der Waals surface area contributed by atoms with E-state index in [1.165, 1.54) is 0 Å². The average Bonchev–Trinajstić information content (AvgIpc) is 3.20. The minimum absolute atomic E-state index is 0.0511. The van der Waals surface area contributed by atoms with Crippen LogP contribution in [0, 0.1) is 0 Å². The molecule has 0 saturated heterocycles. The molecule has 0 saturated carbocycles. The van der Waals surface area contributed by atoms with Gasteiger partial charge in [0.2, 0.25) is 6.23 Å². The molecule has 4 nitrogen and oxygen atoms in total. The number of methoxy groups -OCH3 is 1. The van der Waals surface area contributed by atoms with Crippen molar-refractivity contribution >= 4 is 28.9 Å². The molecule has 3 aromatic rings. The predicted molar refractivity (Wildman–Crippen MR) is 115 cm³/mol. The van der Waals surface area contributed by atoms with E-state index in [0.717, 1.165) is 40.3 Å². The Bertz CT molecular complexity index is 1080. The van der Waals surface area contributed by atoms with E-state index in [9.17, 15) is 0 Å². The van der Waals surface area contributed by atoms with Gasteiger partial charge < -0.3 is 9.47 Å². The fourth-order valence-corrected chi connectivity index (χ4v) is 4.17. The van der Waals surface area contributed by atoms with E-state index >= 15 is 0 Å². The smallest absolute Gasteiger partial charge is 0.213 e. The fourth-order valence-electron chi connectivity index (χ4n) is 3.86. The van der Waals surface area contributed by atoms with Gasteiger partial charge in [0.15, 0.2) is 0 Å². The minimum Gasteiger partial charge on any atom is -0.497 e. The number of fused-ring (bicyclic) bond motifs is 3. The molecule has 2 aliphatic heterocycles. The predicted octanol–water partition coefficient (Wildman–Crippen LogP) is 6.24. The van der Waals surface area contributed by atoms with Crippen molar-refractivity contribution in [1.82, 2.24) is 5.01 Å². The minimum atomic E-state index is -0.332. The summed E-state index contributed by atoms with van der Waals surface area (Å²) >= 11 is 12.4. The number of hydrogen-bond donors (Lipinski definition) is 0. The molecule has 146 valence electrons. The molecular weight excluding hydrogens is 407 g/mol. The molecule has 0 aromatic heterocycles. The van der Waals surface area contributed by atoms with Crippen LogP contribution in [0.25, 0.3) is 0 Å². The van der Waals surface area contributed by atoms with E-state index in [-0.39, 0.29) is 12.3 Å². The summed E-state index contributed by atoms with van der Waals surface area (Å²) in [5, 5.41) is 8.36. The Morgan fingerprint density at radius 3 is 2.41 bits per heavy atom. The van der Waals surface area contributed by atoms with Gasteiger partial charge in [-0.15, -0.1) is 0 Å². The molecule has 6 heteroatoms. The number of ether oxygens (including phenoxy) is 2. The molecule has 0 radical (unpaired) electrons. The lowest BCUT2D eigenvalue weighted by Crippen LogP contribution is -2.33. The van der Waals surface area contributed by atoms with Crippen LogP contribution in [-0.2, 0) is 0 Å². The van der Waals surface area contributed by atoms with E-state index in [1.807, 2.05) is 71.7 Å². The molecular formula is C23H18Cl2N2O2. The quantitative estimate of drug-likeness (QED) is 0.498. The lowest BCUT2D eigenvalue weighted by molar-refractivity contribution is -0.0190. The van der Waals surface area contributed by atoms with Crippen LogP contribution in [-0.4, -0.2) is 17.8 Å². The van der Waals surface area contributed by atoms with Crippen molar-refractivity contribution in [2.24, 2.45) is 5.10 Å². The average molecular weight is 425 g/mol. The van der Waals surface area contributed by atoms with Crippen molar-refractivity contribution in [3.05, 3.63) is 93.5 Å². The first-order valence-electron chi connectivity index (χ1n) is 9.34. The molecule has 3 aromatic carbocycles. The zero-order valence-corrected chi connectivity index (χ0v) is 17.2. The Morgan fingerprint density at radius 1 is 0.966 bits per heavy atom. The van der Waals surface area contributed by atoms with Gasteiger partial charge in [-0.2, -0.15) is 5.10 Å². The highest BCUT2D eigenvalue weighted by atomic mass is 35.5. The van der Waals surface area contributed by atoms with Crippen molar-refractivity contribution in [3.63, 3.8) is 0 Å². The van der Waals surface area contributed by atoms with Gasteiger partial charge >= 0.3 is 0 Å². The molecule has 0 N–H and O–H groups in total. The molecule has 0 fully saturated rings. The fraction of sp³-hybridized carbons (Fsp3) is 0.174. The molecule has 0 amide bonds. The molecule has 29 heavy (non-hydrogen) atoms. The van der Waals surface area contributed by atoms with Crippen molar-refractivity contribution < 1.29 is 9.47 Å². The van der Waals surface area contributed by atoms with Gasteiger partial charge in [0.05, 0.1) is 18.9 Å². The van der Waals surface area contributed by atoms with Crippen LogP contribution < -0.4 is 9.47 Å². The van der Waals surface area contributed by atoms with Crippen LogP contribution in [0.4, 0.5) is 0 Å². The Morgan fingerprint density at radius 2 is 1.69 bits per heavy atom. The van der Waals surface area contributed by atoms with Crippen LogP contribution in [0.15, 0.2) is 71.8 Å². The molecule has 0 unspecified atom stereocenters. The summed E-state index contributed by atoms with van der Waals surface area (Å²) in [6, 6.07) is 21.5. The maximum atomic E-state index is 6.34. The Balaban J connectivity index is 1.57. The number of nitrogens with zero attached hydrogens (tertiary/aromatic N) is 2. The van der Waals surface area contributed by atoms with Crippen LogP contribution in [0.5, 0.6) is 11.5 Å². The van der Waals surface area contributed by atoms with Crippen LogP contribution in [0.2, 0.25) is 10.0 Å². The SMILES string of the molecule is COc1ccc(C2=NN3[C@H](C2)c2cc(Cl)ccc2O[C@H]3c2ccc(Cl)cc2)cc1. The van der Waals surface area contributed by atoms with Crippen molar-refractivity contribution in [1.29, 1.82) is 0 Å². The highest BCUT2D eigenvalue weighted by Crippen LogP contribution is 2.48. The highest BCUT2D eigenvalue weighted by molar-refractivity contribution is 6.30. The monoisotopic (exact) mass is 424 g/mol. The number of benzene rings is 3. The van der Waals surface area contributed by atoms with Crippen LogP contribution in [0.3, 0.4) is 0 Å². The van der Waals surface area contributed by atoms with Crippen molar-refractivity contribution in [2.45, 2.75) is 18.7 Å². The van der Waals surface area contributed by atoms with Gasteiger partial charge in [-0.3, -0.25) is 0 Å². The van der Waals surface area contributed by atoms with Crippen LogP contribution >= 0.6 is 23.2 Å². The summed E-state index contributed by atoms with van der Waals surface area (Å²) in [7, 11) is 1.66. The van der Waals surface area contributed by atoms with Gasteiger partial charge in [-0.25, -0.2) is 5.01 Å². The zero-order chi connectivity index (χ0) is 20.0. The highest BCUT2D eigenvalue weighted by Gasteiger charge is 2.41. The van der Waals surface area contributed by atoms with Crippen molar-refractivity contribution in [2.75, 3.05) is 7.11 Å². The molecule has 2 atom stereocenters. The van der Waals surface area contributed by atoms with E-state index in [2.05, 4.69) is 0 Å². The lowest BCUT2D eigenvalue weighted by Gasteiger charge is -2.38. The summed E-state index contributed by atoms with van der Waals surface area (Å²) in [5.41, 5.74) is 4.13. The number of halogens is 2. The van der Waals surface area contributed by atoms with Gasteiger partial charge in [-0.05, 0) is 60.2 Å². The Kier molecular flexibility index (Phi) is 4.61. The number of hydrogen-bond acceptors (Lipinski definition) is 4. The van der Waals surface area contributed by atoms with Gasteiger partial charge in [0.25, 0.3) is 0 Å². The van der Waals surface area contributed by atoms with Gasteiger partial charge in [0.1, 0.15) is 11.5 Å². The van der Waals surface area contributed by atoms with E-state index < -0.39 is 0 Å². The van der Waals surface area contributed by atoms with Crippen molar-refractivity contribution in [3.8, 4) is 11.5 Å². The maximum Gasteiger partial charge on any atom is 0.213 e. The molecule has 0 bridgehead atoms. The first-order chi connectivity index (χ1) is 14.1. The van der Waals surface area contributed by atoms with Gasteiger partial charge in [0, 0.05) is 27.6 Å². The third-order valence-corrected chi connectivity index (χ3v) is 5.82. The number of hydrazone groups is 1. The van der Waals surface area contributed by atoms with E-state index in [1.54, 1.807) is 7.11 Å². The third-order valence-electron chi connectivity index (χ3n) is 5.33. The molecule has 5 rings (SSSR count). The Hall–Kier alpha value is -2.69. The van der Waals surface area contributed by atoms with Crippen LogP contribution in [0.1, 0.15) is 35.4 Å². The summed E-state index contributed by atoms with van der Waals surface area (Å²) in [6.07, 6.45) is 0.439. The number of rotatable bonds is 3. The van der Waals surface area contributed by atoms with E-state index in [0.29, 0.717) is 10.0 Å². The second-order valence-electron chi connectivity index (χ2n) is 7.08. The topological polar surface area (TPSA) is 34.1 Å². The molecule has 0 spiro atoms. The molecule has 0 aliphatic carbocycles. The largest absolute Gasteiger partial charge is 0.497 e. The summed E-state index contributed by atoms with van der Waals surface area (Å²) < 4.78 is 11.6. The first-order valence-corrected chi connectivity index (χ1v) is 10.1. The lowest BCUT2D eigenvalue weighted by atomic mass is 9.96. The normalized spacial score (nSPS) is 19.8. The molecule has 2 aliphatic rings. The summed E-state index contributed by atoms with van der Waals surface area (Å²) in [5.74, 6) is 1.66. The van der Waals surface area contributed by atoms with Gasteiger partial charge in [-0.1, -0.05) is 35.3 Å². The second kappa shape index (κ2) is 7.29. The second-order valence-corrected chi connectivity index (χ2v) is 7.95. The summed E-state index contributed by atoms with van der Waals surface area (Å²) in [6.45, 7) is 0. The molecule has 2 heterocycles. The van der Waals surface area contributed by atoms with E-state index in [4.69, 9.17) is 37.8 Å². The Labute approximate surface area is 179 Å². The maximum absolute atomic E-state index is 6.34. The summed E-state index contributed by atoms with van der Waals surface area (Å²) in [4.78, 5) is 0. The third kappa shape index (κ3) is 3.33. The zero-order valence-electron chi connectivity index (χ0n) is 15.7.